The van der Waals surface area contributed by atoms with Gasteiger partial charge in [-0.1, -0.05) is 0 Å². The molecule has 0 saturated carbocycles. The summed E-state index contributed by atoms with van der Waals surface area (Å²) in [6, 6.07) is 1.01. The van der Waals surface area contributed by atoms with Gasteiger partial charge in [-0.05, 0) is 13.0 Å². The second-order valence-corrected chi connectivity index (χ2v) is 3.53. The van der Waals surface area contributed by atoms with Crippen LogP contribution in [0.1, 0.15) is 16.2 Å². The lowest BCUT2D eigenvalue weighted by Gasteiger charge is -2.13. The SMILES string of the molecule is Cc1cc2c(n1CC(N)=O)C(=O)[NH2+]C([O-])=N2. The van der Waals surface area contributed by atoms with E-state index in [0.717, 1.165) is 5.32 Å². The summed E-state index contributed by atoms with van der Waals surface area (Å²) >= 11 is 0. The first-order valence-corrected chi connectivity index (χ1v) is 4.62. The lowest BCUT2D eigenvalue weighted by atomic mass is 10.3. The summed E-state index contributed by atoms with van der Waals surface area (Å²) in [5.74, 6) is -0.990. The lowest BCUT2D eigenvalue weighted by Crippen LogP contribution is -2.95. The van der Waals surface area contributed by atoms with E-state index in [1.807, 2.05) is 0 Å². The van der Waals surface area contributed by atoms with Gasteiger partial charge in [-0.3, -0.25) is 4.79 Å². The summed E-state index contributed by atoms with van der Waals surface area (Å²) in [4.78, 5) is 26.2. The highest BCUT2D eigenvalue weighted by molar-refractivity contribution is 5.98. The van der Waals surface area contributed by atoms with Crippen molar-refractivity contribution >= 4 is 23.5 Å². The first-order chi connectivity index (χ1) is 7.49. The number of carbonyl (C=O) groups excluding carboxylic acids is 2. The Kier molecular flexibility index (Phi) is 2.24. The van der Waals surface area contributed by atoms with Crippen molar-refractivity contribution in [1.29, 1.82) is 0 Å². The summed E-state index contributed by atoms with van der Waals surface area (Å²) in [6.07, 6.45) is 0. The first-order valence-electron chi connectivity index (χ1n) is 4.62. The third kappa shape index (κ3) is 1.57. The molecule has 0 aliphatic carbocycles. The molecule has 0 aromatic carbocycles. The molecule has 0 bridgehead atoms. The molecule has 1 aliphatic heterocycles. The van der Waals surface area contributed by atoms with Crippen LogP contribution in [0.3, 0.4) is 0 Å². The summed E-state index contributed by atoms with van der Waals surface area (Å²) in [5.41, 5.74) is 6.30. The fourth-order valence-corrected chi connectivity index (χ4v) is 1.69. The molecule has 0 spiro atoms. The van der Waals surface area contributed by atoms with Crippen LogP contribution < -0.4 is 16.2 Å². The van der Waals surface area contributed by atoms with Gasteiger partial charge in [-0.2, -0.15) is 0 Å². The number of amidine groups is 1. The van der Waals surface area contributed by atoms with E-state index in [1.165, 1.54) is 4.57 Å². The monoisotopic (exact) mass is 222 g/mol. The molecule has 1 aromatic rings. The van der Waals surface area contributed by atoms with Gasteiger partial charge >= 0.3 is 5.91 Å². The first kappa shape index (κ1) is 10.4. The van der Waals surface area contributed by atoms with Gasteiger partial charge in [-0.15, -0.1) is 0 Å². The third-order valence-electron chi connectivity index (χ3n) is 2.32. The number of fused-ring (bicyclic) bond motifs is 1. The average Bonchev–Trinajstić information content (AvgIpc) is 2.41. The van der Waals surface area contributed by atoms with Gasteiger partial charge in [0.15, 0.2) is 11.7 Å². The average molecular weight is 222 g/mol. The second-order valence-electron chi connectivity index (χ2n) is 3.53. The number of hydrogen-bond donors (Lipinski definition) is 2. The van der Waals surface area contributed by atoms with Crippen LogP contribution in [0.25, 0.3) is 0 Å². The van der Waals surface area contributed by atoms with E-state index in [2.05, 4.69) is 4.99 Å². The topological polar surface area (TPSA) is 117 Å². The number of aromatic nitrogens is 1. The van der Waals surface area contributed by atoms with Crippen LogP contribution in [0, 0.1) is 6.92 Å². The van der Waals surface area contributed by atoms with Crippen LogP contribution in [0.2, 0.25) is 0 Å². The molecular formula is C9H10N4O3. The minimum atomic E-state index is -0.575. The van der Waals surface area contributed by atoms with Crippen molar-refractivity contribution in [2.45, 2.75) is 13.5 Å². The van der Waals surface area contributed by atoms with Crippen molar-refractivity contribution < 1.29 is 20.0 Å². The predicted octanol–water partition coefficient (Wildman–Crippen LogP) is -2.65. The van der Waals surface area contributed by atoms with Gasteiger partial charge < -0.3 is 15.4 Å². The smallest absolute Gasteiger partial charge is 0.366 e. The van der Waals surface area contributed by atoms with Crippen LogP contribution in [0.15, 0.2) is 11.1 Å². The highest BCUT2D eigenvalue weighted by atomic mass is 16.3. The summed E-state index contributed by atoms with van der Waals surface area (Å²) in [7, 11) is 0. The van der Waals surface area contributed by atoms with Crippen molar-refractivity contribution in [1.82, 2.24) is 4.57 Å². The molecule has 84 valence electrons. The van der Waals surface area contributed by atoms with Crippen molar-refractivity contribution in [3.63, 3.8) is 0 Å². The Morgan fingerprint density at radius 2 is 2.38 bits per heavy atom. The van der Waals surface area contributed by atoms with Crippen LogP contribution >= 0.6 is 0 Å². The van der Waals surface area contributed by atoms with E-state index in [4.69, 9.17) is 5.73 Å². The summed E-state index contributed by atoms with van der Waals surface area (Å²) in [6.45, 7) is 1.62. The number of primary amides is 2. The fourth-order valence-electron chi connectivity index (χ4n) is 1.69. The molecule has 7 nitrogen and oxygen atoms in total. The number of quaternary nitrogens is 1. The van der Waals surface area contributed by atoms with Gasteiger partial charge in [0.05, 0.1) is 0 Å². The Bertz CT molecular complexity index is 515. The van der Waals surface area contributed by atoms with E-state index >= 15 is 0 Å². The Morgan fingerprint density at radius 3 is 3.00 bits per heavy atom. The van der Waals surface area contributed by atoms with Gasteiger partial charge in [0.1, 0.15) is 12.2 Å². The Morgan fingerprint density at radius 1 is 1.69 bits per heavy atom. The van der Waals surface area contributed by atoms with Gasteiger partial charge in [0, 0.05) is 5.69 Å². The number of nitrogens with zero attached hydrogens (tertiary/aromatic N) is 2. The Balaban J connectivity index is 2.56. The van der Waals surface area contributed by atoms with Crippen molar-refractivity contribution in [2.24, 2.45) is 10.7 Å². The number of aryl methyl sites for hydroxylation is 1. The highest BCUT2D eigenvalue weighted by Crippen LogP contribution is 2.24. The molecule has 0 saturated heterocycles. The van der Waals surface area contributed by atoms with E-state index in [1.54, 1.807) is 13.0 Å². The second kappa shape index (κ2) is 3.46. The fraction of sp³-hybridized carbons (Fsp3) is 0.222. The quantitative estimate of drug-likeness (QED) is 0.568. The van der Waals surface area contributed by atoms with Crippen LogP contribution in [-0.2, 0) is 11.3 Å². The van der Waals surface area contributed by atoms with E-state index in [9.17, 15) is 14.7 Å². The zero-order valence-corrected chi connectivity index (χ0v) is 8.56. The summed E-state index contributed by atoms with van der Waals surface area (Å²) < 4.78 is 1.46. The molecule has 0 unspecified atom stereocenters. The van der Waals surface area contributed by atoms with Gasteiger partial charge in [0.2, 0.25) is 5.91 Å². The number of amides is 2. The minimum Gasteiger partial charge on any atom is -0.815 e. The van der Waals surface area contributed by atoms with Crippen LogP contribution in [0.5, 0.6) is 0 Å². The number of hydrogen-bond acceptors (Lipinski definition) is 4. The zero-order valence-electron chi connectivity index (χ0n) is 8.56. The number of rotatable bonds is 2. The number of aliphatic imine (C=N–C) groups is 1. The molecule has 2 amide bonds. The maximum atomic E-state index is 11.6. The van der Waals surface area contributed by atoms with E-state index in [-0.39, 0.29) is 12.2 Å². The molecule has 0 fully saturated rings. The Hall–Kier alpha value is -2.15. The molecule has 4 N–H and O–H groups in total. The minimum absolute atomic E-state index is 0.0928. The molecule has 16 heavy (non-hydrogen) atoms. The van der Waals surface area contributed by atoms with E-state index in [0.29, 0.717) is 11.4 Å². The molecular weight excluding hydrogens is 212 g/mol. The lowest BCUT2D eigenvalue weighted by molar-refractivity contribution is -0.514. The molecule has 0 radical (unpaired) electrons. The van der Waals surface area contributed by atoms with Crippen LogP contribution in [-0.4, -0.2) is 22.4 Å². The zero-order chi connectivity index (χ0) is 11.9. The van der Waals surface area contributed by atoms with E-state index < -0.39 is 17.8 Å². The standard InChI is InChI=1S/C9H10N4O3/c1-4-2-5-7(13(4)3-6(10)14)8(15)12-9(16)11-5/h2H,3H2,1H3,(H2,10,14)(H2,11,12,15,16). The van der Waals surface area contributed by atoms with Crippen molar-refractivity contribution in [3.8, 4) is 0 Å². The molecule has 1 aliphatic rings. The number of carbonyl (C=O) groups is 2. The van der Waals surface area contributed by atoms with Gasteiger partial charge in [0.25, 0.3) is 0 Å². The van der Waals surface area contributed by atoms with Crippen LogP contribution in [0.4, 0.5) is 5.69 Å². The third-order valence-corrected chi connectivity index (χ3v) is 2.32. The van der Waals surface area contributed by atoms with Crippen molar-refractivity contribution in [2.75, 3.05) is 0 Å². The number of nitrogens with two attached hydrogens (primary N) is 2. The Labute approximate surface area is 90.6 Å². The molecule has 2 heterocycles. The molecule has 7 heteroatoms. The maximum Gasteiger partial charge on any atom is 0.366 e. The predicted molar refractivity (Wildman–Crippen MR) is 51.7 cm³/mol. The molecule has 2 rings (SSSR count). The summed E-state index contributed by atoms with van der Waals surface area (Å²) in [5, 5.41) is 11.9. The molecule has 0 atom stereocenters. The maximum absolute atomic E-state index is 11.6. The molecule has 1 aromatic heterocycles. The van der Waals surface area contributed by atoms with Gasteiger partial charge in [-0.25, -0.2) is 15.1 Å². The normalized spacial score (nSPS) is 14.6. The highest BCUT2D eigenvalue weighted by Gasteiger charge is 2.27. The van der Waals surface area contributed by atoms with Crippen molar-refractivity contribution in [3.05, 3.63) is 17.5 Å². The largest absolute Gasteiger partial charge is 0.815 e.